The fraction of sp³-hybridized carbons (Fsp3) is 0.500. The molecule has 1 aromatic rings. The molecule has 0 aromatic heterocycles. The van der Waals surface area contributed by atoms with E-state index in [0.29, 0.717) is 16.8 Å². The number of anilines is 1. The van der Waals surface area contributed by atoms with Gasteiger partial charge < -0.3 is 10.2 Å². The highest BCUT2D eigenvalue weighted by Crippen LogP contribution is 2.36. The normalized spacial score (nSPS) is 19.9. The molecule has 1 atom stereocenters. The van der Waals surface area contributed by atoms with Crippen LogP contribution in [-0.4, -0.2) is 30.6 Å². The van der Waals surface area contributed by atoms with Gasteiger partial charge in [0, 0.05) is 36.8 Å². The lowest BCUT2D eigenvalue weighted by Gasteiger charge is -2.34. The molecule has 18 heavy (non-hydrogen) atoms. The van der Waals surface area contributed by atoms with Crippen molar-refractivity contribution < 1.29 is 4.92 Å². The molecule has 1 aliphatic rings. The van der Waals surface area contributed by atoms with E-state index in [9.17, 15) is 10.1 Å². The van der Waals surface area contributed by atoms with Crippen LogP contribution in [0.4, 0.5) is 11.4 Å². The highest BCUT2D eigenvalue weighted by atomic mass is 35.5. The molecule has 98 valence electrons. The highest BCUT2D eigenvalue weighted by molar-refractivity contribution is 6.31. The van der Waals surface area contributed by atoms with E-state index in [0.717, 1.165) is 25.2 Å². The Bertz CT molecular complexity index is 479. The average molecular weight is 270 g/mol. The third-order valence-electron chi connectivity index (χ3n) is 3.23. The van der Waals surface area contributed by atoms with Crippen LogP contribution < -0.4 is 10.2 Å². The Kier molecular flexibility index (Phi) is 3.73. The summed E-state index contributed by atoms with van der Waals surface area (Å²) in [6, 6.07) is 3.39. The molecule has 0 spiro atoms. The van der Waals surface area contributed by atoms with Crippen LogP contribution in [0.1, 0.15) is 12.5 Å². The van der Waals surface area contributed by atoms with Crippen LogP contribution in [-0.2, 0) is 0 Å². The number of piperazine rings is 1. The molecular weight excluding hydrogens is 254 g/mol. The van der Waals surface area contributed by atoms with E-state index in [-0.39, 0.29) is 10.6 Å². The smallest absolute Gasteiger partial charge is 0.292 e. The number of nitrogens with one attached hydrogen (secondary N) is 1. The first kappa shape index (κ1) is 13.1. The Morgan fingerprint density at radius 3 is 2.89 bits per heavy atom. The Morgan fingerprint density at radius 2 is 2.28 bits per heavy atom. The van der Waals surface area contributed by atoms with Crippen LogP contribution in [0.5, 0.6) is 0 Å². The summed E-state index contributed by atoms with van der Waals surface area (Å²) in [5.74, 6) is 0. The van der Waals surface area contributed by atoms with Gasteiger partial charge >= 0.3 is 0 Å². The molecule has 0 amide bonds. The summed E-state index contributed by atoms with van der Waals surface area (Å²) < 4.78 is 0. The largest absolute Gasteiger partial charge is 0.363 e. The minimum Gasteiger partial charge on any atom is -0.363 e. The molecule has 0 aliphatic carbocycles. The van der Waals surface area contributed by atoms with Crippen molar-refractivity contribution in [3.8, 4) is 0 Å². The fourth-order valence-corrected chi connectivity index (χ4v) is 2.50. The second-order valence-corrected chi connectivity index (χ2v) is 5.01. The topological polar surface area (TPSA) is 58.4 Å². The molecule has 1 fully saturated rings. The molecular formula is C12H16ClN3O2. The first-order chi connectivity index (χ1) is 8.50. The monoisotopic (exact) mass is 269 g/mol. The third-order valence-corrected chi connectivity index (χ3v) is 3.63. The van der Waals surface area contributed by atoms with Gasteiger partial charge in [-0.1, -0.05) is 11.6 Å². The number of hydrogen-bond donors (Lipinski definition) is 1. The zero-order valence-corrected chi connectivity index (χ0v) is 11.2. The molecule has 1 saturated heterocycles. The summed E-state index contributed by atoms with van der Waals surface area (Å²) in [6.45, 7) is 6.23. The summed E-state index contributed by atoms with van der Waals surface area (Å²) in [7, 11) is 0. The maximum Gasteiger partial charge on any atom is 0.292 e. The maximum absolute atomic E-state index is 11.1. The van der Waals surface area contributed by atoms with Crippen LogP contribution in [0.25, 0.3) is 0 Å². The zero-order valence-electron chi connectivity index (χ0n) is 10.4. The number of halogens is 1. The number of hydrogen-bond acceptors (Lipinski definition) is 4. The minimum atomic E-state index is -0.342. The lowest BCUT2D eigenvalue weighted by molar-refractivity contribution is -0.384. The van der Waals surface area contributed by atoms with E-state index >= 15 is 0 Å². The van der Waals surface area contributed by atoms with Gasteiger partial charge in [-0.2, -0.15) is 0 Å². The summed E-state index contributed by atoms with van der Waals surface area (Å²) in [6.07, 6.45) is 0. The molecule has 1 N–H and O–H groups in total. The van der Waals surface area contributed by atoms with Gasteiger partial charge in [0.15, 0.2) is 0 Å². The second kappa shape index (κ2) is 5.12. The van der Waals surface area contributed by atoms with Crippen molar-refractivity contribution in [2.45, 2.75) is 19.9 Å². The van der Waals surface area contributed by atoms with Crippen LogP contribution >= 0.6 is 11.6 Å². The molecule has 0 saturated carbocycles. The van der Waals surface area contributed by atoms with Crippen molar-refractivity contribution in [3.05, 3.63) is 32.8 Å². The van der Waals surface area contributed by atoms with Crippen molar-refractivity contribution in [2.75, 3.05) is 24.5 Å². The van der Waals surface area contributed by atoms with Crippen LogP contribution in [0.15, 0.2) is 12.1 Å². The second-order valence-electron chi connectivity index (χ2n) is 4.60. The molecule has 2 rings (SSSR count). The van der Waals surface area contributed by atoms with Crippen molar-refractivity contribution >= 4 is 23.0 Å². The van der Waals surface area contributed by atoms with E-state index in [2.05, 4.69) is 12.2 Å². The van der Waals surface area contributed by atoms with Gasteiger partial charge in [-0.25, -0.2) is 0 Å². The molecule has 1 aromatic carbocycles. The van der Waals surface area contributed by atoms with Gasteiger partial charge in [-0.15, -0.1) is 0 Å². The van der Waals surface area contributed by atoms with Crippen LogP contribution in [0.2, 0.25) is 5.02 Å². The summed E-state index contributed by atoms with van der Waals surface area (Å²) in [5, 5.41) is 15.0. The maximum atomic E-state index is 11.1. The van der Waals surface area contributed by atoms with Gasteiger partial charge in [-0.05, 0) is 25.5 Å². The first-order valence-corrected chi connectivity index (χ1v) is 6.30. The molecule has 6 heteroatoms. The predicted octanol–water partition coefficient (Wildman–Crippen LogP) is 2.35. The van der Waals surface area contributed by atoms with Gasteiger partial charge in [0.05, 0.1) is 4.92 Å². The van der Waals surface area contributed by atoms with E-state index in [1.54, 1.807) is 6.07 Å². The van der Waals surface area contributed by atoms with Gasteiger partial charge in [0.1, 0.15) is 5.69 Å². The third kappa shape index (κ3) is 2.42. The van der Waals surface area contributed by atoms with Crippen molar-refractivity contribution in [1.82, 2.24) is 5.32 Å². The lowest BCUT2D eigenvalue weighted by Crippen LogP contribution is -2.49. The molecule has 1 unspecified atom stereocenters. The number of rotatable bonds is 2. The first-order valence-electron chi connectivity index (χ1n) is 5.92. The average Bonchev–Trinajstić information content (AvgIpc) is 2.32. The van der Waals surface area contributed by atoms with E-state index < -0.39 is 0 Å². The molecule has 1 aliphatic heterocycles. The highest BCUT2D eigenvalue weighted by Gasteiger charge is 2.26. The Morgan fingerprint density at radius 1 is 1.56 bits per heavy atom. The van der Waals surface area contributed by atoms with E-state index in [1.165, 1.54) is 6.07 Å². The Labute approximate surface area is 111 Å². The van der Waals surface area contributed by atoms with Crippen molar-refractivity contribution in [3.63, 3.8) is 0 Å². The zero-order chi connectivity index (χ0) is 13.3. The van der Waals surface area contributed by atoms with Crippen molar-refractivity contribution in [2.24, 2.45) is 0 Å². The molecule has 0 radical (unpaired) electrons. The van der Waals surface area contributed by atoms with Gasteiger partial charge in [0.25, 0.3) is 5.69 Å². The van der Waals surface area contributed by atoms with E-state index in [1.807, 2.05) is 11.8 Å². The number of benzene rings is 1. The summed E-state index contributed by atoms with van der Waals surface area (Å²) in [5.41, 5.74) is 1.56. The predicted molar refractivity (Wildman–Crippen MR) is 72.5 cm³/mol. The number of nitrogens with zero attached hydrogens (tertiary/aromatic N) is 2. The molecule has 5 nitrogen and oxygen atoms in total. The quantitative estimate of drug-likeness (QED) is 0.661. The van der Waals surface area contributed by atoms with Gasteiger partial charge in [0.2, 0.25) is 0 Å². The van der Waals surface area contributed by atoms with Gasteiger partial charge in [-0.3, -0.25) is 10.1 Å². The Balaban J connectivity index is 2.46. The van der Waals surface area contributed by atoms with Crippen LogP contribution in [0.3, 0.4) is 0 Å². The lowest BCUT2D eigenvalue weighted by atomic mass is 10.1. The minimum absolute atomic E-state index is 0.131. The summed E-state index contributed by atoms with van der Waals surface area (Å²) >= 11 is 6.08. The number of nitro groups is 1. The Hall–Kier alpha value is -1.33. The van der Waals surface area contributed by atoms with E-state index in [4.69, 9.17) is 11.6 Å². The standard InChI is InChI=1S/C12H16ClN3O2/c1-8-7-15(6-5-14-8)12-9(2)10(13)3-4-11(12)16(17)18/h3-4,8,14H,5-7H2,1-2H3. The molecule has 1 heterocycles. The summed E-state index contributed by atoms with van der Waals surface area (Å²) in [4.78, 5) is 12.8. The number of nitro benzene ring substituents is 1. The van der Waals surface area contributed by atoms with Crippen molar-refractivity contribution in [1.29, 1.82) is 0 Å². The van der Waals surface area contributed by atoms with Crippen LogP contribution in [0, 0.1) is 17.0 Å². The SMILES string of the molecule is Cc1c(Cl)ccc([N+](=O)[O-])c1N1CCNC(C)C1. The molecule has 0 bridgehead atoms. The fourth-order valence-electron chi connectivity index (χ4n) is 2.34.